The molecule has 0 unspecified atom stereocenters. The van der Waals surface area contributed by atoms with Crippen LogP contribution in [0.3, 0.4) is 0 Å². The van der Waals surface area contributed by atoms with E-state index in [2.05, 4.69) is 9.80 Å². The normalized spacial score (nSPS) is 23.2. The topological polar surface area (TPSA) is 36.0 Å². The third kappa shape index (κ3) is 7.66. The fourth-order valence-corrected chi connectivity index (χ4v) is 7.21. The molecule has 3 aliphatic rings. The van der Waals surface area contributed by atoms with Gasteiger partial charge in [0.15, 0.2) is 11.6 Å². The molecular formula is C34H47F2N3O2. The van der Waals surface area contributed by atoms with Gasteiger partial charge in [-0.15, -0.1) is 0 Å². The maximum Gasteiger partial charge on any atom is 0.227 e. The summed E-state index contributed by atoms with van der Waals surface area (Å²) in [6.07, 6.45) is 9.64. The highest BCUT2D eigenvalue weighted by Gasteiger charge is 2.39. The maximum absolute atomic E-state index is 14.5. The molecule has 3 fully saturated rings. The molecule has 1 saturated carbocycles. The smallest absolute Gasteiger partial charge is 0.227 e. The lowest BCUT2D eigenvalue weighted by molar-refractivity contribution is -0.132. The Balaban J connectivity index is 1.27. The van der Waals surface area contributed by atoms with Crippen LogP contribution >= 0.6 is 0 Å². The van der Waals surface area contributed by atoms with E-state index in [0.29, 0.717) is 19.5 Å². The van der Waals surface area contributed by atoms with Crippen molar-refractivity contribution in [2.45, 2.75) is 89.2 Å². The molecule has 7 heteroatoms. The maximum atomic E-state index is 14.5. The molecule has 2 aliphatic heterocycles. The summed E-state index contributed by atoms with van der Waals surface area (Å²) < 4.78 is 34.3. The number of likely N-dealkylation sites (tertiary alicyclic amines) is 1. The Labute approximate surface area is 244 Å². The number of halogens is 2. The Morgan fingerprint density at radius 3 is 2.46 bits per heavy atom. The summed E-state index contributed by atoms with van der Waals surface area (Å²) in [7, 11) is 0. The molecule has 0 spiro atoms. The third-order valence-electron chi connectivity index (χ3n) is 9.49. The van der Waals surface area contributed by atoms with Gasteiger partial charge in [-0.25, -0.2) is 8.78 Å². The first-order chi connectivity index (χ1) is 19.8. The van der Waals surface area contributed by atoms with E-state index in [1.54, 1.807) is 6.07 Å². The van der Waals surface area contributed by atoms with E-state index in [0.717, 1.165) is 74.9 Å². The van der Waals surface area contributed by atoms with E-state index in [-0.39, 0.29) is 12.0 Å². The molecule has 0 bridgehead atoms. The number of piperazine rings is 1. The van der Waals surface area contributed by atoms with Crippen LogP contribution in [0.15, 0.2) is 42.5 Å². The minimum Gasteiger partial charge on any atom is -0.491 e. The zero-order valence-electron chi connectivity index (χ0n) is 24.9. The van der Waals surface area contributed by atoms with Gasteiger partial charge in [0.2, 0.25) is 5.91 Å². The van der Waals surface area contributed by atoms with Crippen molar-refractivity contribution in [1.29, 1.82) is 0 Å². The molecule has 1 atom stereocenters. The number of benzene rings is 2. The molecule has 1 aliphatic carbocycles. The molecule has 0 N–H and O–H groups in total. The Morgan fingerprint density at radius 1 is 0.951 bits per heavy atom. The first-order valence-corrected chi connectivity index (χ1v) is 15.8. The quantitative estimate of drug-likeness (QED) is 0.362. The zero-order valence-corrected chi connectivity index (χ0v) is 24.9. The molecule has 41 heavy (non-hydrogen) atoms. The van der Waals surface area contributed by atoms with E-state index in [1.807, 2.05) is 43.0 Å². The molecule has 2 aromatic rings. The highest BCUT2D eigenvalue weighted by molar-refractivity contribution is 5.79. The number of rotatable bonds is 9. The Morgan fingerprint density at radius 2 is 1.73 bits per heavy atom. The van der Waals surface area contributed by atoms with Crippen LogP contribution in [0.4, 0.5) is 8.78 Å². The number of hydrogen-bond acceptors (Lipinski definition) is 4. The van der Waals surface area contributed by atoms with Crippen molar-refractivity contribution in [2.24, 2.45) is 0 Å². The lowest BCUT2D eigenvalue weighted by Gasteiger charge is -2.46. The molecule has 0 aromatic heterocycles. The Hall–Kier alpha value is -2.51. The van der Waals surface area contributed by atoms with Crippen molar-refractivity contribution in [3.8, 4) is 5.75 Å². The van der Waals surface area contributed by atoms with Crippen molar-refractivity contribution in [2.75, 3.05) is 45.8 Å². The van der Waals surface area contributed by atoms with Crippen LogP contribution < -0.4 is 4.74 Å². The summed E-state index contributed by atoms with van der Waals surface area (Å²) in [6.45, 7) is 10.4. The Bertz CT molecular complexity index is 1160. The predicted octanol–water partition coefficient (Wildman–Crippen LogP) is 6.20. The van der Waals surface area contributed by atoms with E-state index >= 15 is 0 Å². The van der Waals surface area contributed by atoms with E-state index in [9.17, 15) is 13.6 Å². The second-order valence-electron chi connectivity index (χ2n) is 12.7. The van der Waals surface area contributed by atoms with E-state index in [1.165, 1.54) is 44.2 Å². The number of piperidine rings is 1. The molecule has 5 rings (SSSR count). The van der Waals surface area contributed by atoms with Crippen LogP contribution in [0, 0.1) is 11.6 Å². The fraction of sp³-hybridized carbons (Fsp3) is 0.618. The van der Waals surface area contributed by atoms with Gasteiger partial charge in [-0.05, 0) is 87.9 Å². The van der Waals surface area contributed by atoms with Crippen LogP contribution in [0.5, 0.6) is 5.75 Å². The highest BCUT2D eigenvalue weighted by Crippen LogP contribution is 2.39. The summed E-state index contributed by atoms with van der Waals surface area (Å²) in [5.41, 5.74) is 1.33. The number of carbonyl (C=O) groups is 1. The average Bonchev–Trinajstić information content (AvgIpc) is 2.98. The number of nitrogens with zero attached hydrogens (tertiary/aromatic N) is 3. The number of amides is 1. The molecule has 224 valence electrons. The summed E-state index contributed by atoms with van der Waals surface area (Å²) in [6, 6.07) is 12.8. The first kappa shape index (κ1) is 30.0. The second-order valence-corrected chi connectivity index (χ2v) is 12.7. The van der Waals surface area contributed by atoms with Crippen molar-refractivity contribution < 1.29 is 18.3 Å². The van der Waals surface area contributed by atoms with Gasteiger partial charge in [-0.1, -0.05) is 37.5 Å². The third-order valence-corrected chi connectivity index (χ3v) is 9.49. The molecule has 2 aromatic carbocycles. The Kier molecular flexibility index (Phi) is 9.97. The fourth-order valence-electron chi connectivity index (χ4n) is 7.21. The van der Waals surface area contributed by atoms with Gasteiger partial charge in [0.25, 0.3) is 0 Å². The molecular weight excluding hydrogens is 520 g/mol. The lowest BCUT2D eigenvalue weighted by Crippen LogP contribution is -2.53. The predicted molar refractivity (Wildman–Crippen MR) is 159 cm³/mol. The molecule has 0 radical (unpaired) electrons. The van der Waals surface area contributed by atoms with Gasteiger partial charge in [0.1, 0.15) is 5.75 Å². The SMILES string of the molecule is CC(C)Oc1cccc(CC(=O)N2CCC[C@@](CCN3CCN(C4CCCCC4)CC3)(c3ccc(F)c(F)c3)C2)c1. The van der Waals surface area contributed by atoms with Crippen molar-refractivity contribution in [3.63, 3.8) is 0 Å². The van der Waals surface area contributed by atoms with Crippen molar-refractivity contribution in [3.05, 3.63) is 65.2 Å². The van der Waals surface area contributed by atoms with E-state index < -0.39 is 17.0 Å². The van der Waals surface area contributed by atoms with Crippen molar-refractivity contribution >= 4 is 5.91 Å². The summed E-state index contributed by atoms with van der Waals surface area (Å²) >= 11 is 0. The number of carbonyl (C=O) groups excluding carboxylic acids is 1. The molecule has 1 amide bonds. The van der Waals surface area contributed by atoms with Crippen LogP contribution in [-0.4, -0.2) is 78.6 Å². The van der Waals surface area contributed by atoms with Gasteiger partial charge < -0.3 is 14.5 Å². The summed E-state index contributed by atoms with van der Waals surface area (Å²) in [4.78, 5) is 20.7. The largest absolute Gasteiger partial charge is 0.491 e. The van der Waals surface area contributed by atoms with Gasteiger partial charge in [-0.3, -0.25) is 9.69 Å². The van der Waals surface area contributed by atoms with Crippen LogP contribution in [0.1, 0.15) is 76.3 Å². The lowest BCUT2D eigenvalue weighted by atomic mass is 9.71. The van der Waals surface area contributed by atoms with Gasteiger partial charge in [0, 0.05) is 50.7 Å². The molecule has 2 heterocycles. The van der Waals surface area contributed by atoms with Crippen LogP contribution in [0.25, 0.3) is 0 Å². The minimum absolute atomic E-state index is 0.0648. The average molecular weight is 568 g/mol. The summed E-state index contributed by atoms with van der Waals surface area (Å²) in [5, 5.41) is 0. The van der Waals surface area contributed by atoms with Gasteiger partial charge in [-0.2, -0.15) is 0 Å². The number of ether oxygens (including phenoxy) is 1. The van der Waals surface area contributed by atoms with Crippen LogP contribution in [-0.2, 0) is 16.6 Å². The van der Waals surface area contributed by atoms with Gasteiger partial charge >= 0.3 is 0 Å². The summed E-state index contributed by atoms with van der Waals surface area (Å²) in [5.74, 6) is -0.800. The van der Waals surface area contributed by atoms with Crippen LogP contribution in [0.2, 0.25) is 0 Å². The van der Waals surface area contributed by atoms with Crippen molar-refractivity contribution in [1.82, 2.24) is 14.7 Å². The number of hydrogen-bond donors (Lipinski definition) is 0. The molecule has 5 nitrogen and oxygen atoms in total. The van der Waals surface area contributed by atoms with E-state index in [4.69, 9.17) is 4.74 Å². The zero-order chi connectivity index (χ0) is 28.8. The minimum atomic E-state index is -0.824. The van der Waals surface area contributed by atoms with Gasteiger partial charge in [0.05, 0.1) is 12.5 Å². The monoisotopic (exact) mass is 567 g/mol. The standard InChI is InChI=1S/C34H47F2N3O2/c1-26(2)41-30-11-6-8-27(22-30)23-33(40)39-16-7-14-34(25-39,28-12-13-31(35)32(36)24-28)15-17-37-18-20-38(21-19-37)29-9-4-3-5-10-29/h6,8,11-13,22,24,26,29H,3-5,7,9-10,14-21,23,25H2,1-2H3/t34-/m0/s1. The second kappa shape index (κ2) is 13.6. The first-order valence-electron chi connectivity index (χ1n) is 15.8. The highest BCUT2D eigenvalue weighted by atomic mass is 19.2. The molecule has 2 saturated heterocycles.